The smallest absolute Gasteiger partial charge is 0.166 e. The average molecular weight is 376 g/mol. The van der Waals surface area contributed by atoms with Gasteiger partial charge in [-0.2, -0.15) is 0 Å². The number of carbonyl (C=O) groups excluding carboxylic acids is 1. The highest BCUT2D eigenvalue weighted by Crippen LogP contribution is 2.36. The zero-order valence-electron chi connectivity index (χ0n) is 17.0. The molecule has 0 bridgehead atoms. The molecule has 2 nitrogen and oxygen atoms in total. The second-order valence-corrected chi connectivity index (χ2v) is 8.64. The number of benzene rings is 1. The van der Waals surface area contributed by atoms with Crippen LogP contribution in [0.5, 0.6) is 0 Å². The van der Waals surface area contributed by atoms with Crippen molar-refractivity contribution in [2.45, 2.75) is 70.8 Å². The molecular weight excluding hydrogens is 342 g/mol. The molecule has 2 heteroatoms. The van der Waals surface area contributed by atoms with Gasteiger partial charge in [0.1, 0.15) is 0 Å². The number of ketones is 1. The minimum absolute atomic E-state index is 0.233. The highest BCUT2D eigenvalue weighted by atomic mass is 16.1. The maximum absolute atomic E-state index is 13.3. The van der Waals surface area contributed by atoms with Gasteiger partial charge in [0.05, 0.1) is 0 Å². The van der Waals surface area contributed by atoms with Crippen LogP contribution in [0.15, 0.2) is 65.4 Å². The Kier molecular flexibility index (Phi) is 6.46. The maximum Gasteiger partial charge on any atom is 0.166 e. The lowest BCUT2D eigenvalue weighted by Gasteiger charge is -2.28. The van der Waals surface area contributed by atoms with E-state index in [9.17, 15) is 4.79 Å². The SMILES string of the molecule is O=C(C1=CC=CC1=C(NCc1ccccc1)C1CCCCC1)C1CCCCC1. The van der Waals surface area contributed by atoms with Crippen molar-refractivity contribution >= 4 is 5.78 Å². The lowest BCUT2D eigenvalue weighted by molar-refractivity contribution is -0.119. The highest BCUT2D eigenvalue weighted by Gasteiger charge is 2.29. The summed E-state index contributed by atoms with van der Waals surface area (Å²) in [7, 11) is 0. The molecule has 0 atom stereocenters. The molecule has 0 aromatic heterocycles. The van der Waals surface area contributed by atoms with Gasteiger partial charge < -0.3 is 5.32 Å². The Morgan fingerprint density at radius 1 is 0.857 bits per heavy atom. The quantitative estimate of drug-likeness (QED) is 0.636. The summed E-state index contributed by atoms with van der Waals surface area (Å²) >= 11 is 0. The monoisotopic (exact) mass is 375 g/mol. The number of carbonyl (C=O) groups is 1. The zero-order chi connectivity index (χ0) is 19.2. The van der Waals surface area contributed by atoms with Gasteiger partial charge in [-0.3, -0.25) is 4.79 Å². The molecule has 0 amide bonds. The number of rotatable bonds is 6. The Morgan fingerprint density at radius 3 is 2.18 bits per heavy atom. The number of hydrogen-bond acceptors (Lipinski definition) is 2. The number of nitrogens with one attached hydrogen (secondary N) is 1. The average Bonchev–Trinajstić information content (AvgIpc) is 3.25. The van der Waals surface area contributed by atoms with Crippen molar-refractivity contribution in [3.8, 4) is 0 Å². The third-order valence-corrected chi connectivity index (χ3v) is 6.69. The van der Waals surface area contributed by atoms with Gasteiger partial charge in [-0.1, -0.05) is 87.1 Å². The fraction of sp³-hybridized carbons (Fsp3) is 0.500. The van der Waals surface area contributed by atoms with E-state index in [1.807, 2.05) is 0 Å². The van der Waals surface area contributed by atoms with E-state index in [4.69, 9.17) is 0 Å². The van der Waals surface area contributed by atoms with Gasteiger partial charge in [0, 0.05) is 29.3 Å². The first-order valence-corrected chi connectivity index (χ1v) is 11.3. The topological polar surface area (TPSA) is 29.1 Å². The van der Waals surface area contributed by atoms with E-state index >= 15 is 0 Å². The van der Waals surface area contributed by atoms with Crippen LogP contribution in [0.25, 0.3) is 0 Å². The van der Waals surface area contributed by atoms with Crippen LogP contribution in [0.2, 0.25) is 0 Å². The van der Waals surface area contributed by atoms with Crippen LogP contribution >= 0.6 is 0 Å². The number of allylic oxidation sites excluding steroid dienone is 6. The molecule has 1 aromatic rings. The normalized spacial score (nSPS) is 22.8. The first-order chi connectivity index (χ1) is 13.8. The number of hydrogen-bond donors (Lipinski definition) is 1. The van der Waals surface area contributed by atoms with Crippen molar-refractivity contribution in [2.75, 3.05) is 0 Å². The molecule has 2 fully saturated rings. The van der Waals surface area contributed by atoms with Crippen LogP contribution in [0.1, 0.15) is 69.8 Å². The molecule has 3 aliphatic carbocycles. The van der Waals surface area contributed by atoms with Gasteiger partial charge in [0.25, 0.3) is 0 Å². The molecule has 0 radical (unpaired) electrons. The molecule has 0 spiro atoms. The second kappa shape index (κ2) is 9.41. The molecule has 1 N–H and O–H groups in total. The van der Waals surface area contributed by atoms with Crippen molar-refractivity contribution in [3.05, 3.63) is 71.0 Å². The summed E-state index contributed by atoms with van der Waals surface area (Å²) in [5.41, 5.74) is 4.75. The van der Waals surface area contributed by atoms with E-state index < -0.39 is 0 Å². The van der Waals surface area contributed by atoms with E-state index in [2.05, 4.69) is 53.9 Å². The number of Topliss-reactive ketones (excluding diaryl/α,β-unsaturated/α-hetero) is 1. The predicted octanol–water partition coefficient (Wildman–Crippen LogP) is 6.26. The molecule has 28 heavy (non-hydrogen) atoms. The standard InChI is InChI=1S/C26H33NO/c28-26(22-15-8-3-9-16-22)24-18-10-17-23(24)25(21-13-6-2-7-14-21)27-19-20-11-4-1-5-12-20/h1,4-5,10-12,17-18,21-22,27H,2-3,6-9,13-16,19H2. The van der Waals surface area contributed by atoms with Gasteiger partial charge in [-0.15, -0.1) is 0 Å². The molecule has 148 valence electrons. The van der Waals surface area contributed by atoms with Crippen LogP contribution in [0.3, 0.4) is 0 Å². The van der Waals surface area contributed by atoms with Crippen LogP contribution < -0.4 is 5.32 Å². The Bertz CT molecular complexity index is 759. The Morgan fingerprint density at radius 2 is 1.50 bits per heavy atom. The second-order valence-electron chi connectivity index (χ2n) is 8.64. The molecule has 0 saturated heterocycles. The van der Waals surface area contributed by atoms with E-state index in [-0.39, 0.29) is 5.92 Å². The third kappa shape index (κ3) is 4.48. The largest absolute Gasteiger partial charge is 0.384 e. The summed E-state index contributed by atoms with van der Waals surface area (Å²) in [6, 6.07) is 10.6. The van der Waals surface area contributed by atoms with E-state index in [1.165, 1.54) is 68.2 Å². The predicted molar refractivity (Wildman–Crippen MR) is 116 cm³/mol. The highest BCUT2D eigenvalue weighted by molar-refractivity contribution is 6.03. The fourth-order valence-electron chi connectivity index (χ4n) is 5.10. The van der Waals surface area contributed by atoms with Crippen molar-refractivity contribution in [3.63, 3.8) is 0 Å². The van der Waals surface area contributed by atoms with Gasteiger partial charge in [-0.25, -0.2) is 0 Å². The fourth-order valence-corrected chi connectivity index (χ4v) is 5.10. The van der Waals surface area contributed by atoms with E-state index in [1.54, 1.807) is 0 Å². The van der Waals surface area contributed by atoms with Crippen molar-refractivity contribution in [1.82, 2.24) is 5.32 Å². The summed E-state index contributed by atoms with van der Waals surface area (Å²) in [5.74, 6) is 1.17. The molecule has 3 aliphatic rings. The van der Waals surface area contributed by atoms with Crippen LogP contribution in [-0.2, 0) is 11.3 Å². The van der Waals surface area contributed by atoms with Crippen LogP contribution in [0, 0.1) is 11.8 Å². The van der Waals surface area contributed by atoms with Crippen molar-refractivity contribution < 1.29 is 4.79 Å². The molecule has 4 rings (SSSR count). The summed E-state index contributed by atoms with van der Waals surface area (Å²) < 4.78 is 0. The Balaban J connectivity index is 1.58. The minimum Gasteiger partial charge on any atom is -0.384 e. The Labute approximate surface area is 169 Å². The van der Waals surface area contributed by atoms with Gasteiger partial charge >= 0.3 is 0 Å². The first-order valence-electron chi connectivity index (χ1n) is 11.3. The van der Waals surface area contributed by atoms with Gasteiger partial charge in [-0.05, 0) is 37.2 Å². The van der Waals surface area contributed by atoms with E-state index in [0.717, 1.165) is 25.0 Å². The lowest BCUT2D eigenvalue weighted by Crippen LogP contribution is -2.26. The summed E-state index contributed by atoms with van der Waals surface area (Å²) in [6.45, 7) is 0.828. The van der Waals surface area contributed by atoms with Crippen molar-refractivity contribution in [2.24, 2.45) is 11.8 Å². The molecular formula is C26H33NO. The summed E-state index contributed by atoms with van der Waals surface area (Å²) in [4.78, 5) is 13.3. The third-order valence-electron chi connectivity index (χ3n) is 6.69. The Hall–Kier alpha value is -2.09. The lowest BCUT2D eigenvalue weighted by atomic mass is 9.80. The van der Waals surface area contributed by atoms with Crippen LogP contribution in [-0.4, -0.2) is 5.78 Å². The molecule has 0 unspecified atom stereocenters. The maximum atomic E-state index is 13.3. The van der Waals surface area contributed by atoms with Crippen LogP contribution in [0.4, 0.5) is 0 Å². The molecule has 2 saturated carbocycles. The summed E-state index contributed by atoms with van der Waals surface area (Å²) in [6.07, 6.45) is 18.6. The minimum atomic E-state index is 0.233. The molecule has 1 aromatic carbocycles. The molecule has 0 aliphatic heterocycles. The first kappa shape index (κ1) is 19.2. The van der Waals surface area contributed by atoms with Gasteiger partial charge in [0.2, 0.25) is 0 Å². The van der Waals surface area contributed by atoms with Gasteiger partial charge in [0.15, 0.2) is 5.78 Å². The zero-order valence-corrected chi connectivity index (χ0v) is 17.0. The van der Waals surface area contributed by atoms with Crippen molar-refractivity contribution in [1.29, 1.82) is 0 Å². The van der Waals surface area contributed by atoms with E-state index in [0.29, 0.717) is 11.7 Å². The molecule has 0 heterocycles. The summed E-state index contributed by atoms with van der Waals surface area (Å²) in [5, 5.41) is 3.77.